The van der Waals surface area contributed by atoms with Gasteiger partial charge in [-0.05, 0) is 50.0 Å². The van der Waals surface area contributed by atoms with Crippen LogP contribution >= 0.6 is 11.3 Å². The first-order valence-electron chi connectivity index (χ1n) is 10.5. The lowest BCUT2D eigenvalue weighted by Gasteiger charge is -2.07. The van der Waals surface area contributed by atoms with Crippen molar-refractivity contribution in [1.82, 2.24) is 14.9 Å². The van der Waals surface area contributed by atoms with Crippen molar-refractivity contribution in [3.8, 4) is 0 Å². The molecule has 11 nitrogen and oxygen atoms in total. The largest absolute Gasteiger partial charge is 0.465 e. The molecule has 0 radical (unpaired) electrons. The van der Waals surface area contributed by atoms with Gasteiger partial charge in [0.05, 0.1) is 41.6 Å². The molecule has 33 heavy (non-hydrogen) atoms. The second kappa shape index (κ2) is 9.14. The first-order valence-corrected chi connectivity index (χ1v) is 11.3. The molecule has 1 aliphatic carbocycles. The lowest BCUT2D eigenvalue weighted by Crippen LogP contribution is -2.18. The Balaban J connectivity index is 1.64. The number of esters is 1. The van der Waals surface area contributed by atoms with Crippen LogP contribution in [0.2, 0.25) is 0 Å². The van der Waals surface area contributed by atoms with Gasteiger partial charge in [-0.3, -0.25) is 4.79 Å². The van der Waals surface area contributed by atoms with Crippen molar-refractivity contribution in [2.75, 3.05) is 12.4 Å². The van der Waals surface area contributed by atoms with Crippen molar-refractivity contribution in [1.29, 1.82) is 0 Å². The number of thiophene rings is 1. The Bertz CT molecular complexity index is 1240. The lowest BCUT2D eigenvalue weighted by molar-refractivity contribution is -0.389. The summed E-state index contributed by atoms with van der Waals surface area (Å²) in [5.41, 5.74) is 2.38. The second-order valence-corrected chi connectivity index (χ2v) is 8.94. The van der Waals surface area contributed by atoms with Gasteiger partial charge in [0.2, 0.25) is 0 Å². The summed E-state index contributed by atoms with van der Waals surface area (Å²) >= 11 is 1.38. The number of nitrogens with one attached hydrogen (secondary N) is 1. The van der Waals surface area contributed by atoms with Crippen molar-refractivity contribution in [3.63, 3.8) is 0 Å². The zero-order valence-electron chi connectivity index (χ0n) is 18.5. The molecule has 12 heteroatoms. The minimum Gasteiger partial charge on any atom is -0.465 e. The summed E-state index contributed by atoms with van der Waals surface area (Å²) in [6, 6.07) is 1.35. The summed E-state index contributed by atoms with van der Waals surface area (Å²) in [4.78, 5) is 37.2. The van der Waals surface area contributed by atoms with Crippen LogP contribution in [0.15, 0.2) is 10.6 Å². The highest BCUT2D eigenvalue weighted by atomic mass is 32.1. The first kappa shape index (κ1) is 22.6. The smallest absolute Gasteiger partial charge is 0.390 e. The van der Waals surface area contributed by atoms with Crippen molar-refractivity contribution >= 4 is 34.0 Å². The van der Waals surface area contributed by atoms with Gasteiger partial charge in [0.15, 0.2) is 5.69 Å². The zero-order valence-corrected chi connectivity index (χ0v) is 19.3. The van der Waals surface area contributed by atoms with Crippen LogP contribution in [0.5, 0.6) is 0 Å². The average molecular weight is 474 g/mol. The quantitative estimate of drug-likeness (QED) is 0.246. The van der Waals surface area contributed by atoms with E-state index in [4.69, 9.17) is 9.26 Å². The third-order valence-corrected chi connectivity index (χ3v) is 6.91. The Labute approximate surface area is 192 Å². The van der Waals surface area contributed by atoms with E-state index in [1.54, 1.807) is 13.8 Å². The Morgan fingerprint density at radius 2 is 2.06 bits per heavy atom. The van der Waals surface area contributed by atoms with E-state index >= 15 is 0 Å². The molecule has 1 aliphatic rings. The van der Waals surface area contributed by atoms with Crippen molar-refractivity contribution in [2.24, 2.45) is 0 Å². The van der Waals surface area contributed by atoms with Crippen LogP contribution < -0.4 is 5.32 Å². The summed E-state index contributed by atoms with van der Waals surface area (Å²) < 4.78 is 11.6. The summed E-state index contributed by atoms with van der Waals surface area (Å²) in [7, 11) is 1.32. The second-order valence-electron chi connectivity index (χ2n) is 7.84. The van der Waals surface area contributed by atoms with Gasteiger partial charge in [0, 0.05) is 4.88 Å². The van der Waals surface area contributed by atoms with Gasteiger partial charge in [0.25, 0.3) is 5.91 Å². The van der Waals surface area contributed by atoms with E-state index < -0.39 is 16.8 Å². The number of nitrogens with zero attached hydrogens (tertiary/aromatic N) is 4. The number of aryl methyl sites for hydroxylation is 3. The predicted molar refractivity (Wildman–Crippen MR) is 119 cm³/mol. The zero-order chi connectivity index (χ0) is 23.7. The molecule has 0 atom stereocenters. The highest BCUT2D eigenvalue weighted by Crippen LogP contribution is 2.38. The molecule has 3 aromatic heterocycles. The van der Waals surface area contributed by atoms with Crippen molar-refractivity contribution < 1.29 is 23.8 Å². The summed E-state index contributed by atoms with van der Waals surface area (Å²) in [6.45, 7) is 3.41. The number of ether oxygens (including phenoxy) is 1. The van der Waals surface area contributed by atoms with Crippen LogP contribution in [-0.2, 0) is 24.1 Å². The highest BCUT2D eigenvalue weighted by molar-refractivity contribution is 7.17. The van der Waals surface area contributed by atoms with Gasteiger partial charge in [-0.2, -0.15) is 4.68 Å². The van der Waals surface area contributed by atoms with E-state index in [-0.39, 0.29) is 18.1 Å². The van der Waals surface area contributed by atoms with Crippen LogP contribution in [0.25, 0.3) is 0 Å². The molecule has 0 bridgehead atoms. The van der Waals surface area contributed by atoms with Gasteiger partial charge < -0.3 is 24.7 Å². The number of anilines is 1. The third kappa shape index (κ3) is 4.38. The lowest BCUT2D eigenvalue weighted by atomic mass is 10.1. The third-order valence-electron chi connectivity index (χ3n) is 5.70. The monoisotopic (exact) mass is 473 g/mol. The Kier molecular flexibility index (Phi) is 6.27. The molecule has 0 aliphatic heterocycles. The van der Waals surface area contributed by atoms with Gasteiger partial charge in [-0.25, -0.2) is 4.79 Å². The normalized spacial score (nSPS) is 13.3. The predicted octanol–water partition coefficient (Wildman–Crippen LogP) is 3.81. The fraction of sp³-hybridized carbons (Fsp3) is 0.429. The maximum Gasteiger partial charge on any atom is 0.390 e. The molecule has 174 valence electrons. The number of carbonyl (C=O) groups excluding carboxylic acids is 2. The average Bonchev–Trinajstić information content (AvgIpc) is 3.38. The molecule has 0 spiro atoms. The molecule has 0 fully saturated rings. The molecule has 0 unspecified atom stereocenters. The minimum absolute atomic E-state index is 0.0319. The maximum atomic E-state index is 13.2. The van der Waals surface area contributed by atoms with Gasteiger partial charge in [0.1, 0.15) is 10.8 Å². The molecule has 1 N–H and O–H groups in total. The topological polar surface area (TPSA) is 142 Å². The minimum atomic E-state index is -0.577. The molecular weight excluding hydrogens is 450 g/mol. The summed E-state index contributed by atoms with van der Waals surface area (Å²) in [6.07, 6.45) is 4.71. The molecule has 3 heterocycles. The molecule has 0 aromatic carbocycles. The van der Waals surface area contributed by atoms with Crippen LogP contribution in [0, 0.1) is 24.0 Å². The number of methoxy groups -OCH3 is 1. The van der Waals surface area contributed by atoms with Crippen molar-refractivity contribution in [2.45, 2.75) is 52.5 Å². The Morgan fingerprint density at radius 3 is 2.76 bits per heavy atom. The molecule has 1 amide bonds. The number of carbonyl (C=O) groups is 2. The molecule has 0 saturated heterocycles. The fourth-order valence-electron chi connectivity index (χ4n) is 3.96. The van der Waals surface area contributed by atoms with Crippen LogP contribution in [0.1, 0.15) is 67.6 Å². The number of amides is 1. The van der Waals surface area contributed by atoms with Gasteiger partial charge in [-0.1, -0.05) is 11.6 Å². The Hall–Kier alpha value is -3.54. The van der Waals surface area contributed by atoms with Gasteiger partial charge >= 0.3 is 11.8 Å². The number of fused-ring (bicyclic) bond motifs is 1. The SMILES string of the molecule is COC(=O)c1c(NC(=O)c2noc(C)c2Cn2nc([N+](=O)[O-])cc2C)sc2c1CCCCC2. The Morgan fingerprint density at radius 1 is 1.30 bits per heavy atom. The standard InChI is InChI=1S/C21H23N5O6S/c1-11-9-16(26(29)30)23-25(11)10-14-12(2)32-24-18(14)19(27)22-20-17(21(28)31-3)13-7-5-4-6-8-15(13)33-20/h9H,4-8,10H2,1-3H3,(H,22,27). The van der Waals surface area contributed by atoms with E-state index in [0.29, 0.717) is 27.6 Å². The molecular formula is C21H23N5O6S. The maximum absolute atomic E-state index is 13.2. The van der Waals surface area contributed by atoms with E-state index in [2.05, 4.69) is 15.6 Å². The number of aromatic nitrogens is 3. The number of hydrogen-bond donors (Lipinski definition) is 1. The molecule has 0 saturated carbocycles. The first-order chi connectivity index (χ1) is 15.8. The van der Waals surface area contributed by atoms with Crippen LogP contribution in [-0.4, -0.2) is 38.8 Å². The molecule has 3 aromatic rings. The van der Waals surface area contributed by atoms with Crippen molar-refractivity contribution in [3.05, 3.63) is 54.9 Å². The fourth-order valence-corrected chi connectivity index (χ4v) is 5.23. The van der Waals surface area contributed by atoms with Gasteiger partial charge in [-0.15, -0.1) is 11.3 Å². The molecule has 4 rings (SSSR count). The van der Waals surface area contributed by atoms with E-state index in [1.165, 1.54) is 29.2 Å². The van der Waals surface area contributed by atoms with E-state index in [9.17, 15) is 19.7 Å². The summed E-state index contributed by atoms with van der Waals surface area (Å²) in [5.74, 6) is -0.910. The number of nitro groups is 1. The van der Waals surface area contributed by atoms with E-state index in [0.717, 1.165) is 42.5 Å². The summed E-state index contributed by atoms with van der Waals surface area (Å²) in [5, 5.41) is 22.1. The number of rotatable bonds is 6. The number of hydrogen-bond acceptors (Lipinski definition) is 9. The van der Waals surface area contributed by atoms with E-state index in [1.807, 2.05) is 0 Å². The van der Waals surface area contributed by atoms with Crippen LogP contribution in [0.4, 0.5) is 10.8 Å². The van der Waals surface area contributed by atoms with Crippen LogP contribution in [0.3, 0.4) is 0 Å². The highest BCUT2D eigenvalue weighted by Gasteiger charge is 2.29.